The van der Waals surface area contributed by atoms with Crippen LogP contribution in [-0.4, -0.2) is 18.4 Å². The van der Waals surface area contributed by atoms with E-state index in [1.807, 2.05) is 6.92 Å². The molecule has 0 rings (SSSR count). The van der Waals surface area contributed by atoms with E-state index in [9.17, 15) is 14.7 Å². The van der Waals surface area contributed by atoms with Gasteiger partial charge in [-0.1, -0.05) is 13.3 Å². The smallest absolute Gasteiger partial charge is 0.545 e. The summed E-state index contributed by atoms with van der Waals surface area (Å²) in [7, 11) is 0. The minimum Gasteiger partial charge on any atom is -0.545 e. The van der Waals surface area contributed by atoms with Crippen molar-refractivity contribution in [3.8, 4) is 0 Å². The number of hydrogen-bond acceptors (Lipinski definition) is 3. The molecule has 0 atom stereocenters. The van der Waals surface area contributed by atoms with Crippen molar-refractivity contribution in [2.24, 2.45) is 0 Å². The molecule has 0 saturated carbocycles. The number of carboxylic acid groups (broad SMARTS) is 1. The summed E-state index contributed by atoms with van der Waals surface area (Å²) >= 11 is 0. The fourth-order valence-corrected chi connectivity index (χ4v) is 0.695. The number of unbranched alkanes of at least 4 members (excludes halogenated alkanes) is 1. The molecule has 0 aromatic carbocycles. The van der Waals surface area contributed by atoms with Gasteiger partial charge < -0.3 is 15.2 Å². The van der Waals surface area contributed by atoms with Gasteiger partial charge in [0.25, 0.3) is 0 Å². The molecule has 0 saturated heterocycles. The van der Waals surface area contributed by atoms with E-state index >= 15 is 0 Å². The third-order valence-corrected chi connectivity index (χ3v) is 1.50. The number of rotatable bonds is 5. The van der Waals surface area contributed by atoms with E-state index in [-0.39, 0.29) is 41.0 Å². The van der Waals surface area contributed by atoms with Crippen LogP contribution in [-0.2, 0) is 9.59 Å². The van der Waals surface area contributed by atoms with Crippen LogP contribution < -0.4 is 40.0 Å². The van der Waals surface area contributed by atoms with Crippen molar-refractivity contribution < 1.29 is 44.3 Å². The van der Waals surface area contributed by atoms with E-state index in [4.69, 9.17) is 0 Å². The van der Waals surface area contributed by atoms with Crippen LogP contribution in [0, 0.1) is 0 Å². The van der Waals surface area contributed by atoms with E-state index in [1.54, 1.807) is 0 Å². The molecule has 0 heterocycles. The van der Waals surface area contributed by atoms with Crippen molar-refractivity contribution in [3.63, 3.8) is 0 Å². The zero-order valence-electron chi connectivity index (χ0n) is 8.92. The number of aliphatic carboxylic acids is 1. The monoisotopic (exact) mass is 207 g/mol. The van der Waals surface area contributed by atoms with Gasteiger partial charge in [-0.3, -0.25) is 4.79 Å². The molecule has 14 heavy (non-hydrogen) atoms. The predicted molar refractivity (Wildman–Crippen MR) is 46.7 cm³/mol. The number of carboxylic acids is 1. The van der Waals surface area contributed by atoms with Gasteiger partial charge in [-0.25, -0.2) is 0 Å². The SMILES string of the molecule is CCCCNC(=O)/C=C(\C)C(=O)[O-].[Na+]. The second-order valence-corrected chi connectivity index (χ2v) is 2.76. The molecule has 4 nitrogen and oxygen atoms in total. The number of nitrogens with one attached hydrogen (secondary N) is 1. The molecule has 0 spiro atoms. The van der Waals surface area contributed by atoms with Gasteiger partial charge in [-0.15, -0.1) is 0 Å². The number of carbonyl (C=O) groups is 2. The summed E-state index contributed by atoms with van der Waals surface area (Å²) in [5, 5.41) is 12.8. The Morgan fingerprint density at radius 1 is 1.43 bits per heavy atom. The maximum Gasteiger partial charge on any atom is 1.00 e. The van der Waals surface area contributed by atoms with E-state index in [0.717, 1.165) is 18.9 Å². The van der Waals surface area contributed by atoms with Crippen LogP contribution in [0.2, 0.25) is 0 Å². The quantitative estimate of drug-likeness (QED) is 0.290. The van der Waals surface area contributed by atoms with Crippen LogP contribution in [0.1, 0.15) is 26.7 Å². The van der Waals surface area contributed by atoms with E-state index in [0.29, 0.717) is 6.54 Å². The van der Waals surface area contributed by atoms with Crippen LogP contribution in [0.15, 0.2) is 11.6 Å². The van der Waals surface area contributed by atoms with Crippen molar-refractivity contribution in [3.05, 3.63) is 11.6 Å². The van der Waals surface area contributed by atoms with Crippen molar-refractivity contribution in [2.75, 3.05) is 6.54 Å². The summed E-state index contributed by atoms with van der Waals surface area (Å²) in [6, 6.07) is 0. The van der Waals surface area contributed by atoms with Crippen molar-refractivity contribution in [1.29, 1.82) is 0 Å². The minimum atomic E-state index is -1.31. The zero-order chi connectivity index (χ0) is 10.3. The van der Waals surface area contributed by atoms with Crippen molar-refractivity contribution in [1.82, 2.24) is 5.32 Å². The summed E-state index contributed by atoms with van der Waals surface area (Å²) in [6.07, 6.45) is 2.92. The molecule has 1 N–H and O–H groups in total. The van der Waals surface area contributed by atoms with Gasteiger partial charge in [-0.05, 0) is 18.9 Å². The maximum absolute atomic E-state index is 11.0. The summed E-state index contributed by atoms with van der Waals surface area (Å²) in [5.41, 5.74) is -0.0611. The fourth-order valence-electron chi connectivity index (χ4n) is 0.695. The molecule has 0 aliphatic rings. The van der Waals surface area contributed by atoms with Crippen molar-refractivity contribution >= 4 is 11.9 Å². The van der Waals surface area contributed by atoms with Gasteiger partial charge in [0.2, 0.25) is 5.91 Å². The van der Waals surface area contributed by atoms with Gasteiger partial charge in [0.05, 0.1) is 5.97 Å². The standard InChI is InChI=1S/C9H15NO3.Na/c1-3-4-5-10-8(11)6-7(2)9(12)13;/h6H,3-5H2,1-2H3,(H,10,11)(H,12,13);/q;+1/p-1/b7-6+;. The number of hydrogen-bond donors (Lipinski definition) is 1. The Kier molecular flexibility index (Phi) is 10.6. The molecule has 0 aromatic heterocycles. The Hall–Kier alpha value is -0.320. The first kappa shape index (κ1) is 16.1. The Labute approximate surface area is 106 Å². The number of carbonyl (C=O) groups excluding carboxylic acids is 2. The van der Waals surface area contributed by atoms with E-state index in [2.05, 4.69) is 5.32 Å². The fraction of sp³-hybridized carbons (Fsp3) is 0.556. The molecular weight excluding hydrogens is 193 g/mol. The summed E-state index contributed by atoms with van der Waals surface area (Å²) < 4.78 is 0. The van der Waals surface area contributed by atoms with E-state index < -0.39 is 5.97 Å². The zero-order valence-corrected chi connectivity index (χ0v) is 10.9. The second-order valence-electron chi connectivity index (χ2n) is 2.76. The Balaban J connectivity index is 0. The van der Waals surface area contributed by atoms with Crippen LogP contribution in [0.4, 0.5) is 0 Å². The average molecular weight is 207 g/mol. The average Bonchev–Trinajstić information content (AvgIpc) is 2.04. The topological polar surface area (TPSA) is 69.2 Å². The number of amides is 1. The predicted octanol–water partition coefficient (Wildman–Crippen LogP) is -3.40. The molecule has 0 bridgehead atoms. The van der Waals surface area contributed by atoms with Crippen molar-refractivity contribution in [2.45, 2.75) is 26.7 Å². The Bertz CT molecular complexity index is 226. The van der Waals surface area contributed by atoms with Crippen LogP contribution in [0.5, 0.6) is 0 Å². The molecule has 1 amide bonds. The molecule has 74 valence electrons. The van der Waals surface area contributed by atoms with Crippen LogP contribution >= 0.6 is 0 Å². The molecule has 5 heteroatoms. The first-order valence-electron chi connectivity index (χ1n) is 4.25. The largest absolute Gasteiger partial charge is 1.00 e. The first-order valence-corrected chi connectivity index (χ1v) is 4.25. The molecule has 0 radical (unpaired) electrons. The molecule has 0 aliphatic heterocycles. The molecule has 0 aliphatic carbocycles. The van der Waals surface area contributed by atoms with Crippen LogP contribution in [0.25, 0.3) is 0 Å². The Morgan fingerprint density at radius 2 is 2.00 bits per heavy atom. The minimum absolute atomic E-state index is 0. The molecule has 0 unspecified atom stereocenters. The maximum atomic E-state index is 11.0. The van der Waals surface area contributed by atoms with Gasteiger partial charge in [0, 0.05) is 12.6 Å². The third kappa shape index (κ3) is 8.29. The summed E-state index contributed by atoms with van der Waals surface area (Å²) in [6.45, 7) is 3.91. The normalized spacial score (nSPS) is 10.3. The summed E-state index contributed by atoms with van der Waals surface area (Å²) in [4.78, 5) is 21.2. The molecule has 0 aromatic rings. The van der Waals surface area contributed by atoms with Gasteiger partial charge in [0.1, 0.15) is 0 Å². The van der Waals surface area contributed by atoms with Crippen LogP contribution in [0.3, 0.4) is 0 Å². The Morgan fingerprint density at radius 3 is 2.43 bits per heavy atom. The van der Waals surface area contributed by atoms with Gasteiger partial charge in [0.15, 0.2) is 0 Å². The molecule has 0 fully saturated rings. The first-order chi connectivity index (χ1) is 6.07. The summed E-state index contributed by atoms with van der Waals surface area (Å²) in [5.74, 6) is -1.69. The van der Waals surface area contributed by atoms with E-state index in [1.165, 1.54) is 6.92 Å². The van der Waals surface area contributed by atoms with Gasteiger partial charge in [-0.2, -0.15) is 0 Å². The van der Waals surface area contributed by atoms with Gasteiger partial charge >= 0.3 is 29.6 Å². The second kappa shape index (κ2) is 9.24. The third-order valence-electron chi connectivity index (χ3n) is 1.50. The molecular formula is C9H14NNaO3.